The van der Waals surface area contributed by atoms with Gasteiger partial charge in [-0.3, -0.25) is 9.59 Å². The summed E-state index contributed by atoms with van der Waals surface area (Å²) in [7, 11) is 1.62. The minimum absolute atomic E-state index is 0.0621. The van der Waals surface area contributed by atoms with E-state index < -0.39 is 0 Å². The Morgan fingerprint density at radius 2 is 1.86 bits per heavy atom. The zero-order valence-corrected chi connectivity index (χ0v) is 17.3. The maximum Gasteiger partial charge on any atom is 0.223 e. The lowest BCUT2D eigenvalue weighted by atomic mass is 9.86. The normalized spacial score (nSPS) is 13.1. The van der Waals surface area contributed by atoms with Gasteiger partial charge in [-0.1, -0.05) is 37.3 Å². The van der Waals surface area contributed by atoms with Crippen LogP contribution < -0.4 is 11.1 Å². The Balaban J connectivity index is 2.54. The molecule has 0 fully saturated rings. The average molecular weight is 393 g/mol. The number of amides is 1. The first kappa shape index (κ1) is 24.3. The van der Waals surface area contributed by atoms with Crippen molar-refractivity contribution < 1.29 is 19.1 Å². The zero-order chi connectivity index (χ0) is 20.6. The van der Waals surface area contributed by atoms with Gasteiger partial charge in [-0.2, -0.15) is 0 Å². The molecule has 0 aliphatic heterocycles. The van der Waals surface area contributed by atoms with Crippen molar-refractivity contribution in [2.24, 2.45) is 17.6 Å². The van der Waals surface area contributed by atoms with Crippen molar-refractivity contribution >= 4 is 11.7 Å². The van der Waals surface area contributed by atoms with Gasteiger partial charge < -0.3 is 20.5 Å². The van der Waals surface area contributed by atoms with E-state index in [1.165, 1.54) is 0 Å². The molecule has 0 aliphatic carbocycles. The number of hydrogen-bond donors (Lipinski definition) is 2. The molecule has 1 aromatic rings. The van der Waals surface area contributed by atoms with Crippen molar-refractivity contribution in [1.82, 2.24) is 5.32 Å². The molecular formula is C22H36N2O4. The van der Waals surface area contributed by atoms with E-state index in [1.54, 1.807) is 7.11 Å². The number of rotatable bonds is 16. The first-order chi connectivity index (χ1) is 13.6. The van der Waals surface area contributed by atoms with E-state index >= 15 is 0 Å². The van der Waals surface area contributed by atoms with Crippen LogP contribution in [0, 0.1) is 11.8 Å². The number of nitrogens with two attached hydrogens (primary N) is 1. The van der Waals surface area contributed by atoms with Crippen LogP contribution in [0.2, 0.25) is 0 Å². The van der Waals surface area contributed by atoms with Crippen molar-refractivity contribution in [2.45, 2.75) is 39.0 Å². The molecule has 3 N–H and O–H groups in total. The van der Waals surface area contributed by atoms with Crippen LogP contribution in [0.4, 0.5) is 0 Å². The third-order valence-corrected chi connectivity index (χ3v) is 4.83. The van der Waals surface area contributed by atoms with Gasteiger partial charge in [-0.25, -0.2) is 0 Å². The monoisotopic (exact) mass is 392 g/mol. The Kier molecular flexibility index (Phi) is 13.2. The van der Waals surface area contributed by atoms with E-state index in [9.17, 15) is 9.59 Å². The Morgan fingerprint density at radius 1 is 1.11 bits per heavy atom. The van der Waals surface area contributed by atoms with Crippen molar-refractivity contribution in [2.75, 3.05) is 40.0 Å². The number of nitrogens with one attached hydrogen (secondary N) is 1. The summed E-state index contributed by atoms with van der Waals surface area (Å²) in [6, 6.07) is 10.0. The van der Waals surface area contributed by atoms with Crippen LogP contribution in [-0.4, -0.2) is 51.7 Å². The highest BCUT2D eigenvalue weighted by Crippen LogP contribution is 2.20. The van der Waals surface area contributed by atoms with Crippen LogP contribution in [0.1, 0.15) is 38.2 Å². The summed E-state index contributed by atoms with van der Waals surface area (Å²) in [4.78, 5) is 25.4. The quantitative estimate of drug-likeness (QED) is 0.422. The van der Waals surface area contributed by atoms with Gasteiger partial charge in [-0.05, 0) is 37.8 Å². The largest absolute Gasteiger partial charge is 0.382 e. The fourth-order valence-electron chi connectivity index (χ4n) is 3.12. The van der Waals surface area contributed by atoms with E-state index in [0.717, 1.165) is 24.8 Å². The molecule has 0 saturated carbocycles. The van der Waals surface area contributed by atoms with Gasteiger partial charge in [0, 0.05) is 31.9 Å². The van der Waals surface area contributed by atoms with Gasteiger partial charge in [0.05, 0.1) is 19.8 Å². The Bertz CT molecular complexity index is 551. The Morgan fingerprint density at radius 3 is 2.50 bits per heavy atom. The Labute approximate surface area is 169 Å². The van der Waals surface area contributed by atoms with Gasteiger partial charge in [0.2, 0.25) is 5.91 Å². The number of ether oxygens (including phenoxy) is 2. The van der Waals surface area contributed by atoms with Crippen molar-refractivity contribution in [3.05, 3.63) is 35.9 Å². The summed E-state index contributed by atoms with van der Waals surface area (Å²) in [6.07, 6.45) is 3.11. The molecule has 0 bridgehead atoms. The summed E-state index contributed by atoms with van der Waals surface area (Å²) in [5.41, 5.74) is 6.77. The molecule has 0 saturated heterocycles. The topological polar surface area (TPSA) is 90.7 Å². The minimum atomic E-state index is -0.333. The second-order valence-electron chi connectivity index (χ2n) is 6.99. The number of ketones is 1. The molecule has 0 spiro atoms. The molecule has 0 radical (unpaired) electrons. The predicted molar refractivity (Wildman–Crippen MR) is 111 cm³/mol. The first-order valence-electron chi connectivity index (χ1n) is 10.2. The highest BCUT2D eigenvalue weighted by atomic mass is 16.5. The molecular weight excluding hydrogens is 356 g/mol. The van der Waals surface area contributed by atoms with Gasteiger partial charge in [-0.15, -0.1) is 0 Å². The molecule has 6 heteroatoms. The fourth-order valence-corrected chi connectivity index (χ4v) is 3.12. The smallest absolute Gasteiger partial charge is 0.223 e. The molecule has 6 nitrogen and oxygen atoms in total. The van der Waals surface area contributed by atoms with Crippen molar-refractivity contribution in [1.29, 1.82) is 0 Å². The molecule has 1 amide bonds. The van der Waals surface area contributed by atoms with Crippen LogP contribution in [-0.2, 0) is 25.5 Å². The maximum atomic E-state index is 12.9. The van der Waals surface area contributed by atoms with Gasteiger partial charge in [0.15, 0.2) is 0 Å². The number of benzene rings is 1. The summed E-state index contributed by atoms with van der Waals surface area (Å²) in [5, 5.41) is 2.88. The number of Topliss-reactive ketones (excluding diaryl/α,β-unsaturated/α-hetero) is 1. The maximum absolute atomic E-state index is 12.9. The van der Waals surface area contributed by atoms with Gasteiger partial charge >= 0.3 is 0 Å². The molecule has 2 atom stereocenters. The van der Waals surface area contributed by atoms with Crippen LogP contribution in [0.3, 0.4) is 0 Å². The first-order valence-corrected chi connectivity index (χ1v) is 10.2. The summed E-state index contributed by atoms with van der Waals surface area (Å²) >= 11 is 0. The highest BCUT2D eigenvalue weighted by molar-refractivity contribution is 5.88. The van der Waals surface area contributed by atoms with E-state index in [-0.39, 0.29) is 29.9 Å². The number of methoxy groups -OCH3 is 1. The lowest BCUT2D eigenvalue weighted by Crippen LogP contribution is -2.35. The third kappa shape index (κ3) is 9.97. The van der Waals surface area contributed by atoms with Crippen LogP contribution in [0.25, 0.3) is 0 Å². The van der Waals surface area contributed by atoms with E-state index in [2.05, 4.69) is 5.32 Å². The molecule has 1 rings (SSSR count). The second kappa shape index (κ2) is 15.2. The fraction of sp³-hybridized carbons (Fsp3) is 0.636. The molecule has 28 heavy (non-hydrogen) atoms. The second-order valence-corrected chi connectivity index (χ2v) is 6.99. The van der Waals surface area contributed by atoms with E-state index in [0.29, 0.717) is 39.3 Å². The highest BCUT2D eigenvalue weighted by Gasteiger charge is 2.25. The summed E-state index contributed by atoms with van der Waals surface area (Å²) in [5.74, 6) is -0.334. The van der Waals surface area contributed by atoms with Crippen molar-refractivity contribution in [3.8, 4) is 0 Å². The predicted octanol–water partition coefficient (Wildman–Crippen LogP) is 2.35. The Hall–Kier alpha value is -1.76. The molecule has 0 aromatic heterocycles. The average Bonchev–Trinajstić information content (AvgIpc) is 2.72. The van der Waals surface area contributed by atoms with Crippen LogP contribution in [0.15, 0.2) is 30.3 Å². The lowest BCUT2D eigenvalue weighted by molar-refractivity contribution is -0.131. The summed E-state index contributed by atoms with van der Waals surface area (Å²) in [6.45, 7) is 4.42. The lowest BCUT2D eigenvalue weighted by Gasteiger charge is -2.20. The van der Waals surface area contributed by atoms with E-state index in [4.69, 9.17) is 15.2 Å². The zero-order valence-electron chi connectivity index (χ0n) is 17.3. The van der Waals surface area contributed by atoms with Crippen molar-refractivity contribution in [3.63, 3.8) is 0 Å². The standard InChI is InChI=1S/C22H36N2O4/c1-3-19(16-18-8-5-4-6-9-18)21(25)17-20(10-7-11-23)22(26)24-12-13-28-15-14-27-2/h4-6,8-9,19-20H,3,7,10-17,23H2,1-2H3,(H,24,26)/t19-,20+/m0/s1. The molecule has 0 aliphatic rings. The molecule has 158 valence electrons. The molecule has 0 unspecified atom stereocenters. The van der Waals surface area contributed by atoms with Crippen LogP contribution in [0.5, 0.6) is 0 Å². The third-order valence-electron chi connectivity index (χ3n) is 4.83. The summed E-state index contributed by atoms with van der Waals surface area (Å²) < 4.78 is 10.3. The van der Waals surface area contributed by atoms with Gasteiger partial charge in [0.25, 0.3) is 0 Å². The van der Waals surface area contributed by atoms with E-state index in [1.807, 2.05) is 37.3 Å². The molecule has 1 aromatic carbocycles. The van der Waals surface area contributed by atoms with Gasteiger partial charge in [0.1, 0.15) is 5.78 Å². The number of carbonyl (C=O) groups is 2. The number of carbonyl (C=O) groups excluding carboxylic acids is 2. The van der Waals surface area contributed by atoms with Crippen LogP contribution >= 0.6 is 0 Å². The SMILES string of the molecule is CC[C@@H](Cc1ccccc1)C(=O)C[C@@H](CCCN)C(=O)NCCOCCOC. The number of hydrogen-bond acceptors (Lipinski definition) is 5. The minimum Gasteiger partial charge on any atom is -0.382 e. The molecule has 0 heterocycles.